The standard InChI is InChI=1S/C22H38O/c1-2-3-4-5-6-17-7-9-18(10-8-17)19-11-12-21-16-22(23)14-13-20(21)15-19/h17-21H,2-16H2,1H3/t17-,18-,19?,20?,21?. The normalized spacial score (nSPS) is 38.3. The molecule has 0 N–H and O–H groups in total. The number of hydrogen-bond donors (Lipinski definition) is 0. The Hall–Kier alpha value is -0.330. The number of carbonyl (C=O) groups is 1. The zero-order valence-electron chi connectivity index (χ0n) is 15.4. The highest BCUT2D eigenvalue weighted by molar-refractivity contribution is 5.79. The molecule has 0 radical (unpaired) electrons. The van der Waals surface area contributed by atoms with Crippen LogP contribution in [0.15, 0.2) is 0 Å². The van der Waals surface area contributed by atoms with Crippen molar-refractivity contribution in [2.24, 2.45) is 29.6 Å². The molecule has 1 nitrogen and oxygen atoms in total. The molecular weight excluding hydrogens is 280 g/mol. The fourth-order valence-corrected chi connectivity index (χ4v) is 5.96. The van der Waals surface area contributed by atoms with Crippen molar-refractivity contribution in [2.75, 3.05) is 0 Å². The third-order valence-corrected chi connectivity index (χ3v) is 7.49. The van der Waals surface area contributed by atoms with Crippen LogP contribution in [0.1, 0.15) is 103 Å². The molecule has 3 rings (SSSR count). The Kier molecular flexibility index (Phi) is 6.60. The lowest BCUT2D eigenvalue weighted by Crippen LogP contribution is -2.34. The smallest absolute Gasteiger partial charge is 0.133 e. The molecule has 3 aliphatic rings. The second-order valence-electron chi connectivity index (χ2n) is 9.00. The van der Waals surface area contributed by atoms with Gasteiger partial charge >= 0.3 is 0 Å². The van der Waals surface area contributed by atoms with Crippen molar-refractivity contribution in [3.05, 3.63) is 0 Å². The summed E-state index contributed by atoms with van der Waals surface area (Å²) < 4.78 is 0. The maximum Gasteiger partial charge on any atom is 0.133 e. The Balaban J connectivity index is 1.38. The summed E-state index contributed by atoms with van der Waals surface area (Å²) >= 11 is 0. The van der Waals surface area contributed by atoms with E-state index in [0.717, 1.165) is 42.4 Å². The van der Waals surface area contributed by atoms with Gasteiger partial charge in [-0.05, 0) is 68.1 Å². The van der Waals surface area contributed by atoms with Gasteiger partial charge in [-0.1, -0.05) is 51.9 Å². The van der Waals surface area contributed by atoms with Crippen LogP contribution < -0.4 is 0 Å². The number of Topliss-reactive ketones (excluding diaryl/α,β-unsaturated/α-hetero) is 1. The van der Waals surface area contributed by atoms with Crippen molar-refractivity contribution in [2.45, 2.75) is 103 Å². The molecule has 132 valence electrons. The average Bonchev–Trinajstić information content (AvgIpc) is 2.59. The summed E-state index contributed by atoms with van der Waals surface area (Å²) in [5, 5.41) is 0. The van der Waals surface area contributed by atoms with Gasteiger partial charge in [0.1, 0.15) is 5.78 Å². The molecule has 0 aromatic rings. The highest BCUT2D eigenvalue weighted by atomic mass is 16.1. The molecular formula is C22H38O. The summed E-state index contributed by atoms with van der Waals surface area (Å²) in [4.78, 5) is 11.7. The van der Waals surface area contributed by atoms with E-state index < -0.39 is 0 Å². The zero-order valence-corrected chi connectivity index (χ0v) is 15.4. The Morgan fingerprint density at radius 2 is 1.48 bits per heavy atom. The van der Waals surface area contributed by atoms with Crippen LogP contribution in [0, 0.1) is 29.6 Å². The van der Waals surface area contributed by atoms with E-state index in [-0.39, 0.29) is 0 Å². The van der Waals surface area contributed by atoms with Crippen molar-refractivity contribution >= 4 is 5.78 Å². The average molecular weight is 319 g/mol. The van der Waals surface area contributed by atoms with Crippen LogP contribution in [0.2, 0.25) is 0 Å². The summed E-state index contributed by atoms with van der Waals surface area (Å²) in [5.41, 5.74) is 0. The second kappa shape index (κ2) is 8.67. The van der Waals surface area contributed by atoms with Crippen molar-refractivity contribution in [1.82, 2.24) is 0 Å². The summed E-state index contributed by atoms with van der Waals surface area (Å²) in [6, 6.07) is 0. The second-order valence-corrected chi connectivity index (χ2v) is 9.00. The van der Waals surface area contributed by atoms with E-state index in [2.05, 4.69) is 6.92 Å². The van der Waals surface area contributed by atoms with E-state index in [9.17, 15) is 4.79 Å². The monoisotopic (exact) mass is 318 g/mol. The molecule has 0 amide bonds. The number of rotatable bonds is 6. The molecule has 0 aromatic heterocycles. The summed E-state index contributed by atoms with van der Waals surface area (Å²) in [6.45, 7) is 2.31. The predicted octanol–water partition coefficient (Wildman–Crippen LogP) is 6.55. The van der Waals surface area contributed by atoms with Gasteiger partial charge in [-0.2, -0.15) is 0 Å². The quantitative estimate of drug-likeness (QED) is 0.507. The first-order chi connectivity index (χ1) is 11.3. The molecule has 3 atom stereocenters. The van der Waals surface area contributed by atoms with Crippen LogP contribution in [-0.2, 0) is 4.79 Å². The Morgan fingerprint density at radius 3 is 2.26 bits per heavy atom. The number of unbranched alkanes of at least 4 members (excludes halogenated alkanes) is 3. The number of hydrogen-bond acceptors (Lipinski definition) is 1. The third-order valence-electron chi connectivity index (χ3n) is 7.49. The first-order valence-electron chi connectivity index (χ1n) is 10.8. The topological polar surface area (TPSA) is 17.1 Å². The lowest BCUT2D eigenvalue weighted by molar-refractivity contribution is -0.123. The maximum atomic E-state index is 11.7. The van der Waals surface area contributed by atoms with Gasteiger partial charge in [0.15, 0.2) is 0 Å². The third kappa shape index (κ3) is 4.83. The number of ketones is 1. The lowest BCUT2D eigenvalue weighted by Gasteiger charge is -2.43. The Morgan fingerprint density at radius 1 is 0.783 bits per heavy atom. The van der Waals surface area contributed by atoms with E-state index >= 15 is 0 Å². The Labute approximate surface area is 144 Å². The summed E-state index contributed by atoms with van der Waals surface area (Å²) in [5.74, 6) is 5.30. The SMILES string of the molecule is CCCCCC[C@H]1CC[C@H](C2CCC3CC(=O)CCC3C2)CC1. The Bertz CT molecular complexity index is 366. The van der Waals surface area contributed by atoms with Crippen LogP contribution in [0.3, 0.4) is 0 Å². The van der Waals surface area contributed by atoms with Gasteiger partial charge in [0.05, 0.1) is 0 Å². The van der Waals surface area contributed by atoms with E-state index in [0.29, 0.717) is 5.78 Å². The minimum atomic E-state index is 0.549. The van der Waals surface area contributed by atoms with Crippen molar-refractivity contribution in [3.8, 4) is 0 Å². The first-order valence-corrected chi connectivity index (χ1v) is 10.8. The predicted molar refractivity (Wildman–Crippen MR) is 97.4 cm³/mol. The highest BCUT2D eigenvalue weighted by Gasteiger charge is 2.38. The van der Waals surface area contributed by atoms with Gasteiger partial charge in [-0.25, -0.2) is 0 Å². The molecule has 0 saturated heterocycles. The fourth-order valence-electron chi connectivity index (χ4n) is 5.96. The van der Waals surface area contributed by atoms with E-state index in [4.69, 9.17) is 0 Å². The minimum Gasteiger partial charge on any atom is -0.300 e. The summed E-state index contributed by atoms with van der Waals surface area (Å²) in [7, 11) is 0. The number of carbonyl (C=O) groups excluding carboxylic acids is 1. The molecule has 0 aromatic carbocycles. The highest BCUT2D eigenvalue weighted by Crippen LogP contribution is 2.47. The van der Waals surface area contributed by atoms with Gasteiger partial charge in [0, 0.05) is 12.8 Å². The van der Waals surface area contributed by atoms with Gasteiger partial charge in [-0.3, -0.25) is 4.79 Å². The van der Waals surface area contributed by atoms with Crippen molar-refractivity contribution in [3.63, 3.8) is 0 Å². The van der Waals surface area contributed by atoms with Crippen LogP contribution in [0.5, 0.6) is 0 Å². The van der Waals surface area contributed by atoms with Gasteiger partial charge in [-0.15, -0.1) is 0 Å². The fraction of sp³-hybridized carbons (Fsp3) is 0.955. The van der Waals surface area contributed by atoms with Crippen LogP contribution in [0.25, 0.3) is 0 Å². The molecule has 0 bridgehead atoms. The van der Waals surface area contributed by atoms with Crippen LogP contribution in [0.4, 0.5) is 0 Å². The zero-order chi connectivity index (χ0) is 16.1. The molecule has 3 aliphatic carbocycles. The van der Waals surface area contributed by atoms with Gasteiger partial charge in [0.25, 0.3) is 0 Å². The van der Waals surface area contributed by atoms with Crippen LogP contribution in [-0.4, -0.2) is 5.78 Å². The summed E-state index contributed by atoms with van der Waals surface area (Å²) in [6.07, 6.45) is 20.6. The molecule has 0 heterocycles. The lowest BCUT2D eigenvalue weighted by atomic mass is 9.62. The molecule has 3 fully saturated rings. The largest absolute Gasteiger partial charge is 0.300 e. The first kappa shape index (κ1) is 17.5. The minimum absolute atomic E-state index is 0.549. The number of fused-ring (bicyclic) bond motifs is 1. The van der Waals surface area contributed by atoms with Gasteiger partial charge in [0.2, 0.25) is 0 Å². The van der Waals surface area contributed by atoms with E-state index in [1.165, 1.54) is 83.5 Å². The van der Waals surface area contributed by atoms with Gasteiger partial charge < -0.3 is 0 Å². The molecule has 3 saturated carbocycles. The van der Waals surface area contributed by atoms with Crippen molar-refractivity contribution in [1.29, 1.82) is 0 Å². The molecule has 3 unspecified atom stereocenters. The molecule has 23 heavy (non-hydrogen) atoms. The maximum absolute atomic E-state index is 11.7. The van der Waals surface area contributed by atoms with E-state index in [1.54, 1.807) is 0 Å². The van der Waals surface area contributed by atoms with Crippen molar-refractivity contribution < 1.29 is 4.79 Å². The van der Waals surface area contributed by atoms with Crippen LogP contribution >= 0.6 is 0 Å². The molecule has 0 spiro atoms. The molecule has 0 aliphatic heterocycles. The van der Waals surface area contributed by atoms with E-state index in [1.807, 2.05) is 0 Å². The molecule has 1 heteroatoms.